The summed E-state index contributed by atoms with van der Waals surface area (Å²) in [5, 5.41) is 4.71. The van der Waals surface area contributed by atoms with Gasteiger partial charge in [0.05, 0.1) is 0 Å². The molecule has 7 heteroatoms. The third kappa shape index (κ3) is 11.2. The van der Waals surface area contributed by atoms with Gasteiger partial charge < -0.3 is 0 Å². The summed E-state index contributed by atoms with van der Waals surface area (Å²) in [6, 6.07) is 9.25. The van der Waals surface area contributed by atoms with Crippen LogP contribution in [-0.4, -0.2) is 13.0 Å². The monoisotopic (exact) mass is 221 g/mol. The lowest BCUT2D eigenvalue weighted by Gasteiger charge is -1.80. The van der Waals surface area contributed by atoms with Gasteiger partial charge in [-0.15, -0.1) is 0 Å². The Morgan fingerprint density at radius 3 is 1.85 bits per heavy atom. The highest BCUT2D eigenvalue weighted by Crippen LogP contribution is 1.92. The molecule has 0 atom stereocenters. The fraction of sp³-hybridized carbons (Fsp3) is 0. The van der Waals surface area contributed by atoms with E-state index in [9.17, 15) is 4.57 Å². The molecule has 0 bridgehead atoms. The normalized spacial score (nSPS) is 10.3. The molecule has 0 heterocycles. The summed E-state index contributed by atoms with van der Waals surface area (Å²) in [6.45, 7) is 0. The molecule has 13 heavy (non-hydrogen) atoms. The van der Waals surface area contributed by atoms with Crippen LogP contribution in [0.2, 0.25) is 0 Å². The van der Waals surface area contributed by atoms with Crippen molar-refractivity contribution in [1.29, 1.82) is 0 Å². The van der Waals surface area contributed by atoms with E-state index in [2.05, 4.69) is 5.14 Å². The Hall–Kier alpha value is -0.810. The van der Waals surface area contributed by atoms with Crippen LogP contribution < -0.4 is 10.4 Å². The van der Waals surface area contributed by atoms with Crippen LogP contribution in [0.15, 0.2) is 30.3 Å². The van der Waals surface area contributed by atoms with Gasteiger partial charge >= 0.3 is 10.3 Å². The molecule has 5 nitrogen and oxygen atoms in total. The predicted molar refractivity (Wildman–Crippen MR) is 49.4 cm³/mol. The van der Waals surface area contributed by atoms with E-state index >= 15 is 0 Å². The van der Waals surface area contributed by atoms with Crippen LogP contribution in [0.25, 0.3) is 0 Å². The molecule has 0 saturated carbocycles. The molecule has 0 spiro atoms. The zero-order chi connectivity index (χ0) is 10.3. The van der Waals surface area contributed by atoms with Crippen LogP contribution in [0.4, 0.5) is 0 Å². The summed E-state index contributed by atoms with van der Waals surface area (Å²) < 4.78 is 35.3. The first kappa shape index (κ1) is 12.2. The van der Waals surface area contributed by atoms with Crippen LogP contribution in [0.3, 0.4) is 0 Å². The maximum Gasteiger partial charge on any atom is 0.330 e. The Labute approximate surface area is 77.7 Å². The zero-order valence-corrected chi connectivity index (χ0v) is 8.20. The van der Waals surface area contributed by atoms with Gasteiger partial charge in [0.1, 0.15) is 0 Å². The summed E-state index contributed by atoms with van der Waals surface area (Å²) >= 11 is 0. The molecule has 0 aliphatic heterocycles. The Bertz CT molecular complexity index is 342. The number of hydrogen-bond donors (Lipinski definition) is 2. The van der Waals surface area contributed by atoms with E-state index in [-0.39, 0.29) is 8.46 Å². The standard InChI is InChI=1S/C6H5OP.H3NO3S/c7-8-6-4-2-1-3-5-6;1-5(2,3)4/h1-5H;(H3,1,2,3,4). The number of hydrogen-bond acceptors (Lipinski definition) is 3. The summed E-state index contributed by atoms with van der Waals surface area (Å²) in [6.07, 6.45) is 0. The van der Waals surface area contributed by atoms with Crippen molar-refractivity contribution in [2.75, 3.05) is 0 Å². The molecule has 0 amide bonds. The molecule has 1 aromatic carbocycles. The molecule has 0 saturated heterocycles. The minimum atomic E-state index is -4.17. The van der Waals surface area contributed by atoms with Crippen LogP contribution in [0.5, 0.6) is 0 Å². The smallest absolute Gasteiger partial charge is 0.274 e. The third-order valence-electron chi connectivity index (χ3n) is 0.862. The molecule has 0 aromatic heterocycles. The van der Waals surface area contributed by atoms with Crippen molar-refractivity contribution in [1.82, 2.24) is 0 Å². The van der Waals surface area contributed by atoms with Crippen molar-refractivity contribution in [2.45, 2.75) is 0 Å². The first-order valence-electron chi connectivity index (χ1n) is 3.07. The average molecular weight is 221 g/mol. The van der Waals surface area contributed by atoms with E-state index in [1.54, 1.807) is 0 Å². The summed E-state index contributed by atoms with van der Waals surface area (Å²) in [5.41, 5.74) is 0. The number of rotatable bonds is 1. The van der Waals surface area contributed by atoms with Gasteiger partial charge in [0, 0.05) is 5.30 Å². The first-order valence-corrected chi connectivity index (χ1v) is 5.38. The van der Waals surface area contributed by atoms with E-state index in [4.69, 9.17) is 13.0 Å². The van der Waals surface area contributed by atoms with Crippen LogP contribution >= 0.6 is 8.46 Å². The number of nitrogens with two attached hydrogens (primary N) is 1. The number of benzene rings is 1. The lowest BCUT2D eigenvalue weighted by atomic mass is 10.4. The summed E-state index contributed by atoms with van der Waals surface area (Å²) in [5.74, 6) is 0. The lowest BCUT2D eigenvalue weighted by Crippen LogP contribution is -2.08. The second kappa shape index (κ2) is 5.77. The minimum absolute atomic E-state index is 0.0994. The predicted octanol–water partition coefficient (Wildman–Crippen LogP) is 0.352. The first-order chi connectivity index (χ1) is 5.93. The Balaban J connectivity index is 0.000000252. The van der Waals surface area contributed by atoms with Crippen molar-refractivity contribution in [2.24, 2.45) is 5.14 Å². The van der Waals surface area contributed by atoms with Gasteiger partial charge in [-0.05, 0) is 12.1 Å². The average Bonchev–Trinajstić information content (AvgIpc) is 2.03. The molecular formula is C6H8NO4PS. The van der Waals surface area contributed by atoms with E-state index < -0.39 is 10.3 Å². The molecule has 0 radical (unpaired) electrons. The molecule has 3 N–H and O–H groups in total. The molecule has 0 aliphatic carbocycles. The molecule has 0 fully saturated rings. The Kier molecular flexibility index (Phi) is 5.41. The Morgan fingerprint density at radius 2 is 1.62 bits per heavy atom. The van der Waals surface area contributed by atoms with E-state index in [1.807, 2.05) is 30.3 Å². The fourth-order valence-electron chi connectivity index (χ4n) is 0.489. The van der Waals surface area contributed by atoms with Crippen molar-refractivity contribution in [3.05, 3.63) is 30.3 Å². The molecule has 0 unspecified atom stereocenters. The molecular weight excluding hydrogens is 213 g/mol. The van der Waals surface area contributed by atoms with Crippen LogP contribution in [-0.2, 0) is 14.9 Å². The van der Waals surface area contributed by atoms with Crippen molar-refractivity contribution >= 4 is 24.1 Å². The Morgan fingerprint density at radius 1 is 1.23 bits per heavy atom. The van der Waals surface area contributed by atoms with E-state index in [1.165, 1.54) is 0 Å². The molecule has 72 valence electrons. The summed E-state index contributed by atoms with van der Waals surface area (Å²) in [7, 11) is -4.07. The quantitative estimate of drug-likeness (QED) is 0.528. The third-order valence-corrected chi connectivity index (χ3v) is 1.37. The van der Waals surface area contributed by atoms with Gasteiger partial charge in [-0.3, -0.25) is 9.12 Å². The SMILES string of the molecule is NS(=O)(=O)O.O=Pc1ccccc1. The highest BCUT2D eigenvalue weighted by molar-refractivity contribution is 7.83. The van der Waals surface area contributed by atoms with Crippen molar-refractivity contribution in [3.8, 4) is 0 Å². The van der Waals surface area contributed by atoms with Gasteiger partial charge in [0.25, 0.3) is 0 Å². The van der Waals surface area contributed by atoms with Gasteiger partial charge in [0.15, 0.2) is 8.46 Å². The maximum absolute atomic E-state index is 10.1. The molecule has 1 rings (SSSR count). The largest absolute Gasteiger partial charge is 0.330 e. The van der Waals surface area contributed by atoms with Crippen molar-refractivity contribution < 1.29 is 17.5 Å². The van der Waals surface area contributed by atoms with Gasteiger partial charge in [-0.1, -0.05) is 18.2 Å². The highest BCUT2D eigenvalue weighted by Gasteiger charge is 1.82. The minimum Gasteiger partial charge on any atom is -0.274 e. The van der Waals surface area contributed by atoms with E-state index in [0.29, 0.717) is 0 Å². The second-order valence-corrected chi connectivity index (χ2v) is 3.67. The van der Waals surface area contributed by atoms with Crippen LogP contribution in [0.1, 0.15) is 0 Å². The topological polar surface area (TPSA) is 97.5 Å². The second-order valence-electron chi connectivity index (χ2n) is 1.94. The lowest BCUT2D eigenvalue weighted by molar-refractivity contribution is 0.485. The highest BCUT2D eigenvalue weighted by atomic mass is 32.2. The van der Waals surface area contributed by atoms with Gasteiger partial charge in [0.2, 0.25) is 0 Å². The maximum atomic E-state index is 10.1. The summed E-state index contributed by atoms with van der Waals surface area (Å²) in [4.78, 5) is 0. The molecule has 0 aliphatic rings. The molecule has 1 aromatic rings. The van der Waals surface area contributed by atoms with Crippen LogP contribution in [0, 0.1) is 0 Å². The van der Waals surface area contributed by atoms with Gasteiger partial charge in [-0.25, -0.2) is 5.14 Å². The van der Waals surface area contributed by atoms with E-state index in [0.717, 1.165) is 5.30 Å². The fourth-order valence-corrected chi connectivity index (χ4v) is 0.783. The zero-order valence-electron chi connectivity index (χ0n) is 6.49. The van der Waals surface area contributed by atoms with Gasteiger partial charge in [-0.2, -0.15) is 8.42 Å². The van der Waals surface area contributed by atoms with Crippen molar-refractivity contribution in [3.63, 3.8) is 0 Å².